The maximum absolute atomic E-state index is 11.6. The van der Waals surface area contributed by atoms with Crippen molar-refractivity contribution in [3.63, 3.8) is 0 Å². The summed E-state index contributed by atoms with van der Waals surface area (Å²) in [5.41, 5.74) is 4.29. The van der Waals surface area contributed by atoms with Crippen LogP contribution in [0.3, 0.4) is 0 Å². The number of carbonyl (C=O) groups excluding carboxylic acids is 2. The van der Waals surface area contributed by atoms with Crippen LogP contribution in [0.4, 0.5) is 4.79 Å². The van der Waals surface area contributed by atoms with Crippen molar-refractivity contribution in [1.82, 2.24) is 9.88 Å². The second-order valence-electron chi connectivity index (χ2n) is 2.91. The predicted octanol–water partition coefficient (Wildman–Crippen LogP) is -0.0695. The molecule has 0 fully saturated rings. The molecule has 1 heterocycles. The lowest BCUT2D eigenvalue weighted by atomic mass is 10.2. The maximum atomic E-state index is 11.6. The number of imide groups is 1. The van der Waals surface area contributed by atoms with Gasteiger partial charge in [-0.15, -0.1) is 0 Å². The second-order valence-corrected chi connectivity index (χ2v) is 2.91. The van der Waals surface area contributed by atoms with E-state index >= 15 is 0 Å². The van der Waals surface area contributed by atoms with E-state index in [9.17, 15) is 14.4 Å². The van der Waals surface area contributed by atoms with Crippen LogP contribution in [0.2, 0.25) is 0 Å². The van der Waals surface area contributed by atoms with E-state index in [4.69, 9.17) is 10.8 Å². The molecule has 0 unspecified atom stereocenters. The minimum Gasteiger partial charge on any atom is -0.478 e. The second kappa shape index (κ2) is 4.39. The molecule has 0 saturated heterocycles. The molecular formula is C9H9N3O4. The summed E-state index contributed by atoms with van der Waals surface area (Å²) in [4.78, 5) is 37.4. The number of hydrogen-bond acceptors (Lipinski definition) is 4. The van der Waals surface area contributed by atoms with Gasteiger partial charge in [-0.3, -0.25) is 14.7 Å². The number of carboxylic acid groups (broad SMARTS) is 1. The van der Waals surface area contributed by atoms with Gasteiger partial charge in [-0.05, 0) is 12.1 Å². The first-order valence-electron chi connectivity index (χ1n) is 4.21. The van der Waals surface area contributed by atoms with Gasteiger partial charge in [0.1, 0.15) is 5.69 Å². The van der Waals surface area contributed by atoms with E-state index in [2.05, 4.69) is 4.98 Å². The van der Waals surface area contributed by atoms with Crippen molar-refractivity contribution in [3.8, 4) is 0 Å². The van der Waals surface area contributed by atoms with E-state index < -0.39 is 17.9 Å². The first kappa shape index (κ1) is 11.6. The number of urea groups is 1. The van der Waals surface area contributed by atoms with Crippen molar-refractivity contribution in [2.24, 2.45) is 5.73 Å². The molecule has 3 amide bonds. The van der Waals surface area contributed by atoms with E-state index in [1.807, 2.05) is 0 Å². The first-order valence-corrected chi connectivity index (χ1v) is 4.21. The van der Waals surface area contributed by atoms with Crippen LogP contribution in [0.15, 0.2) is 18.3 Å². The molecule has 0 saturated carbocycles. The highest BCUT2D eigenvalue weighted by atomic mass is 16.4. The highest BCUT2D eigenvalue weighted by Gasteiger charge is 2.23. The van der Waals surface area contributed by atoms with Gasteiger partial charge in [-0.25, -0.2) is 9.59 Å². The molecule has 1 rings (SSSR count). The Morgan fingerprint density at radius 1 is 1.44 bits per heavy atom. The van der Waals surface area contributed by atoms with Gasteiger partial charge in [-0.1, -0.05) is 0 Å². The molecular weight excluding hydrogens is 214 g/mol. The Balaban J connectivity index is 3.18. The summed E-state index contributed by atoms with van der Waals surface area (Å²) in [7, 11) is 1.14. The molecule has 1 aromatic heterocycles. The highest BCUT2D eigenvalue weighted by Crippen LogP contribution is 2.07. The van der Waals surface area contributed by atoms with Crippen molar-refractivity contribution in [2.45, 2.75) is 0 Å². The average molecular weight is 223 g/mol. The molecule has 0 spiro atoms. The lowest BCUT2D eigenvalue weighted by Gasteiger charge is -2.12. The van der Waals surface area contributed by atoms with E-state index in [-0.39, 0.29) is 11.3 Å². The number of aromatic nitrogens is 1. The minimum absolute atomic E-state index is 0.277. The number of nitrogens with zero attached hydrogens (tertiary/aromatic N) is 2. The zero-order valence-corrected chi connectivity index (χ0v) is 8.38. The molecule has 0 atom stereocenters. The maximum Gasteiger partial charge on any atom is 0.338 e. The Labute approximate surface area is 90.5 Å². The fourth-order valence-electron chi connectivity index (χ4n) is 1.01. The van der Waals surface area contributed by atoms with Gasteiger partial charge < -0.3 is 10.8 Å². The summed E-state index contributed by atoms with van der Waals surface area (Å²) in [6.07, 6.45) is 1.26. The third-order valence-electron chi connectivity index (χ3n) is 1.88. The molecule has 16 heavy (non-hydrogen) atoms. The van der Waals surface area contributed by atoms with Crippen molar-refractivity contribution >= 4 is 17.9 Å². The number of carboxylic acids is 1. The fourth-order valence-corrected chi connectivity index (χ4v) is 1.01. The number of nitrogens with two attached hydrogens (primary N) is 1. The number of primary amides is 1. The lowest BCUT2D eigenvalue weighted by molar-refractivity contribution is 0.0683. The monoisotopic (exact) mass is 223 g/mol. The Morgan fingerprint density at radius 2 is 2.06 bits per heavy atom. The van der Waals surface area contributed by atoms with Crippen LogP contribution in [-0.4, -0.2) is 39.9 Å². The molecule has 7 heteroatoms. The van der Waals surface area contributed by atoms with Gasteiger partial charge >= 0.3 is 12.0 Å². The van der Waals surface area contributed by atoms with Gasteiger partial charge in [0, 0.05) is 13.2 Å². The van der Waals surface area contributed by atoms with Gasteiger partial charge in [0.2, 0.25) is 0 Å². The van der Waals surface area contributed by atoms with Crippen LogP contribution in [0.1, 0.15) is 20.8 Å². The topological polar surface area (TPSA) is 114 Å². The van der Waals surface area contributed by atoms with E-state index in [1.165, 1.54) is 18.3 Å². The number of hydrogen-bond donors (Lipinski definition) is 2. The van der Waals surface area contributed by atoms with Crippen LogP contribution in [0.5, 0.6) is 0 Å². The molecule has 0 bridgehead atoms. The molecule has 0 aliphatic carbocycles. The van der Waals surface area contributed by atoms with E-state index in [1.54, 1.807) is 0 Å². The molecule has 84 valence electrons. The number of amides is 3. The predicted molar refractivity (Wildman–Crippen MR) is 52.9 cm³/mol. The van der Waals surface area contributed by atoms with Crippen LogP contribution in [0, 0.1) is 0 Å². The summed E-state index contributed by atoms with van der Waals surface area (Å²) < 4.78 is 0. The number of carbonyl (C=O) groups is 3. The van der Waals surface area contributed by atoms with Gasteiger partial charge in [0.05, 0.1) is 5.56 Å². The summed E-state index contributed by atoms with van der Waals surface area (Å²) >= 11 is 0. The Morgan fingerprint density at radius 3 is 2.56 bits per heavy atom. The molecule has 0 aromatic carbocycles. The van der Waals surface area contributed by atoms with Crippen LogP contribution in [0.25, 0.3) is 0 Å². The number of pyridine rings is 1. The van der Waals surface area contributed by atoms with Crippen molar-refractivity contribution in [1.29, 1.82) is 0 Å². The summed E-state index contributed by atoms with van der Waals surface area (Å²) in [6, 6.07) is 1.62. The quantitative estimate of drug-likeness (QED) is 0.728. The zero-order chi connectivity index (χ0) is 12.3. The molecule has 1 aromatic rings. The Bertz CT molecular complexity index is 458. The fraction of sp³-hybridized carbons (Fsp3) is 0.111. The number of rotatable bonds is 2. The summed E-state index contributed by atoms with van der Waals surface area (Å²) in [5, 5.41) is 8.81. The minimum atomic E-state index is -1.30. The largest absolute Gasteiger partial charge is 0.478 e. The molecule has 0 aliphatic heterocycles. The average Bonchev–Trinajstić information content (AvgIpc) is 2.26. The van der Waals surface area contributed by atoms with Crippen LogP contribution < -0.4 is 5.73 Å². The smallest absolute Gasteiger partial charge is 0.338 e. The van der Waals surface area contributed by atoms with E-state index in [0.29, 0.717) is 4.90 Å². The lowest BCUT2D eigenvalue weighted by Crippen LogP contribution is -2.38. The van der Waals surface area contributed by atoms with Crippen molar-refractivity contribution in [2.75, 3.05) is 7.05 Å². The summed E-state index contributed by atoms with van der Waals surface area (Å²) in [5.74, 6) is -2.15. The van der Waals surface area contributed by atoms with Gasteiger partial charge in [-0.2, -0.15) is 0 Å². The third kappa shape index (κ3) is 2.14. The molecule has 7 nitrogen and oxygen atoms in total. The van der Waals surface area contributed by atoms with Gasteiger partial charge in [0.15, 0.2) is 0 Å². The standard InChI is InChI=1S/C9H9N3O4/c1-12(9(10)16)7(13)6-5(8(14)15)3-2-4-11-6/h2-4H,1H3,(H2,10,16)(H,14,15). The van der Waals surface area contributed by atoms with Crippen molar-refractivity contribution < 1.29 is 19.5 Å². The Kier molecular flexibility index (Phi) is 3.19. The Hall–Kier alpha value is -2.44. The van der Waals surface area contributed by atoms with Gasteiger partial charge in [0.25, 0.3) is 5.91 Å². The molecule has 0 radical (unpaired) electrons. The number of aromatic carboxylic acids is 1. The normalized spacial score (nSPS) is 9.56. The SMILES string of the molecule is CN(C(N)=O)C(=O)c1ncccc1C(=O)O. The highest BCUT2D eigenvalue weighted by molar-refractivity contribution is 6.08. The molecule has 3 N–H and O–H groups in total. The summed E-state index contributed by atoms with van der Waals surface area (Å²) in [6.45, 7) is 0. The third-order valence-corrected chi connectivity index (χ3v) is 1.88. The zero-order valence-electron chi connectivity index (χ0n) is 8.38. The molecule has 0 aliphatic rings. The van der Waals surface area contributed by atoms with Crippen LogP contribution >= 0.6 is 0 Å². The van der Waals surface area contributed by atoms with Crippen LogP contribution in [-0.2, 0) is 0 Å². The van der Waals surface area contributed by atoms with E-state index in [0.717, 1.165) is 7.05 Å². The first-order chi connectivity index (χ1) is 7.45. The van der Waals surface area contributed by atoms with Crippen molar-refractivity contribution in [3.05, 3.63) is 29.6 Å².